The van der Waals surface area contributed by atoms with Crippen molar-refractivity contribution in [2.45, 2.75) is 75.0 Å². The Labute approximate surface area is 248 Å². The highest BCUT2D eigenvalue weighted by molar-refractivity contribution is 7.99. The van der Waals surface area contributed by atoms with Crippen molar-refractivity contribution in [2.75, 3.05) is 51.6 Å². The summed E-state index contributed by atoms with van der Waals surface area (Å²) in [5.41, 5.74) is 7.51. The SMILES string of the molecule is NC(=O)N1CCc2c(c(-c3ccc(C(F)(F)F)c(SCCN4CCC(F)CC4)c3)nn2C[C@@H](O)CN2CCCCC2)C1. The van der Waals surface area contributed by atoms with Crippen LogP contribution in [0.15, 0.2) is 23.1 Å². The number of thioether (sulfide) groups is 1. The van der Waals surface area contributed by atoms with E-state index in [0.717, 1.165) is 55.0 Å². The van der Waals surface area contributed by atoms with Gasteiger partial charge in [0.05, 0.1) is 30.5 Å². The van der Waals surface area contributed by atoms with Gasteiger partial charge in [0.1, 0.15) is 6.17 Å². The molecular formula is C29H40F4N6O2S. The van der Waals surface area contributed by atoms with Crippen LogP contribution in [0.25, 0.3) is 11.3 Å². The van der Waals surface area contributed by atoms with Crippen LogP contribution in [0.2, 0.25) is 0 Å². The lowest BCUT2D eigenvalue weighted by atomic mass is 10.00. The van der Waals surface area contributed by atoms with Crippen molar-refractivity contribution in [3.05, 3.63) is 35.0 Å². The standard InChI is InChI=1S/C29H40F4N6O2S/c30-21-6-11-36(12-7-21)14-15-42-26-16-20(4-5-24(26)29(31,32)33)27-23-19-38(28(34)41)13-8-25(23)39(35-27)18-22(40)17-37-9-2-1-3-10-37/h4-5,16,21-22,40H,1-3,6-15,17-19H2,(H2,34,41)/t22-/m0/s1. The van der Waals surface area contributed by atoms with Gasteiger partial charge in [-0.05, 0) is 50.9 Å². The molecule has 3 aliphatic rings. The molecule has 0 unspecified atom stereocenters. The molecule has 42 heavy (non-hydrogen) atoms. The summed E-state index contributed by atoms with van der Waals surface area (Å²) in [7, 11) is 0. The van der Waals surface area contributed by atoms with Crippen molar-refractivity contribution >= 4 is 17.8 Å². The number of piperidine rings is 2. The molecule has 3 N–H and O–H groups in total. The zero-order valence-corrected chi connectivity index (χ0v) is 24.6. The van der Waals surface area contributed by atoms with Gasteiger partial charge < -0.3 is 25.5 Å². The molecule has 0 bridgehead atoms. The van der Waals surface area contributed by atoms with E-state index in [1.54, 1.807) is 4.68 Å². The second-order valence-electron chi connectivity index (χ2n) is 11.6. The molecule has 5 rings (SSSR count). The lowest BCUT2D eigenvalue weighted by Crippen LogP contribution is -2.40. The van der Waals surface area contributed by atoms with Crippen molar-refractivity contribution in [1.29, 1.82) is 0 Å². The number of aliphatic hydroxyl groups excluding tert-OH is 1. The number of aromatic nitrogens is 2. The number of carbonyl (C=O) groups excluding carboxylic acids is 1. The zero-order chi connectivity index (χ0) is 29.9. The Morgan fingerprint density at radius 1 is 1.07 bits per heavy atom. The highest BCUT2D eigenvalue weighted by atomic mass is 32.2. The summed E-state index contributed by atoms with van der Waals surface area (Å²) in [4.78, 5) is 18.0. The number of halogens is 4. The fraction of sp³-hybridized carbons (Fsp3) is 0.655. The van der Waals surface area contributed by atoms with Crippen LogP contribution >= 0.6 is 11.8 Å². The van der Waals surface area contributed by atoms with Gasteiger partial charge in [-0.15, -0.1) is 11.8 Å². The summed E-state index contributed by atoms with van der Waals surface area (Å²) >= 11 is 1.14. The minimum atomic E-state index is -4.52. The van der Waals surface area contributed by atoms with Gasteiger partial charge in [-0.1, -0.05) is 12.5 Å². The van der Waals surface area contributed by atoms with Crippen LogP contribution in [0.3, 0.4) is 0 Å². The number of urea groups is 1. The number of primary amides is 1. The summed E-state index contributed by atoms with van der Waals surface area (Å²) in [6, 6.07) is 3.49. The fourth-order valence-corrected chi connectivity index (χ4v) is 7.31. The number of rotatable bonds is 9. The number of hydrogen-bond acceptors (Lipinski definition) is 6. The predicted octanol–water partition coefficient (Wildman–Crippen LogP) is 4.38. The number of aliphatic hydroxyl groups is 1. The minimum Gasteiger partial charge on any atom is -0.390 e. The molecule has 4 heterocycles. The molecule has 1 aromatic heterocycles. The number of likely N-dealkylation sites (tertiary alicyclic amines) is 2. The molecule has 2 fully saturated rings. The molecule has 1 aromatic carbocycles. The van der Waals surface area contributed by atoms with Crippen molar-refractivity contribution in [3.63, 3.8) is 0 Å². The van der Waals surface area contributed by atoms with Crippen LogP contribution < -0.4 is 5.73 Å². The lowest BCUT2D eigenvalue weighted by molar-refractivity contribution is -0.139. The number of hydrogen-bond donors (Lipinski definition) is 2. The maximum atomic E-state index is 14.0. The third-order valence-corrected chi connectivity index (χ3v) is 9.53. The van der Waals surface area contributed by atoms with E-state index >= 15 is 0 Å². The number of alkyl halides is 4. The van der Waals surface area contributed by atoms with Crippen LogP contribution in [0, 0.1) is 0 Å². The first kappa shape index (κ1) is 31.1. The highest BCUT2D eigenvalue weighted by Crippen LogP contribution is 2.40. The van der Waals surface area contributed by atoms with Crippen molar-refractivity contribution in [1.82, 2.24) is 24.5 Å². The molecule has 1 atom stereocenters. The molecular weight excluding hydrogens is 572 g/mol. The Balaban J connectivity index is 1.40. The maximum Gasteiger partial charge on any atom is 0.417 e. The van der Waals surface area contributed by atoms with Crippen molar-refractivity contribution < 1.29 is 27.5 Å². The summed E-state index contributed by atoms with van der Waals surface area (Å²) in [6.45, 7) is 5.09. The number of β-amino-alcohol motifs (C(OH)–C–C–N with tert-alkyl or cyclic N) is 1. The number of nitrogens with zero attached hydrogens (tertiary/aromatic N) is 5. The topological polar surface area (TPSA) is 90.9 Å². The van der Waals surface area contributed by atoms with Crippen molar-refractivity contribution in [3.8, 4) is 11.3 Å². The van der Waals surface area contributed by atoms with Crippen LogP contribution in [0.4, 0.5) is 22.4 Å². The van der Waals surface area contributed by atoms with Gasteiger partial charge in [0, 0.05) is 66.6 Å². The molecule has 0 spiro atoms. The van der Waals surface area contributed by atoms with Gasteiger partial charge >= 0.3 is 12.2 Å². The monoisotopic (exact) mass is 612 g/mol. The smallest absolute Gasteiger partial charge is 0.390 e. The normalized spacial score (nSPS) is 20.1. The summed E-state index contributed by atoms with van der Waals surface area (Å²) in [5.74, 6) is 0.439. The number of carbonyl (C=O) groups is 1. The summed E-state index contributed by atoms with van der Waals surface area (Å²) < 4.78 is 57.2. The van der Waals surface area contributed by atoms with E-state index in [1.165, 1.54) is 23.5 Å². The minimum absolute atomic E-state index is 0.108. The number of nitrogens with two attached hydrogens (primary N) is 1. The van der Waals surface area contributed by atoms with E-state index in [4.69, 9.17) is 10.8 Å². The second kappa shape index (κ2) is 13.5. The highest BCUT2D eigenvalue weighted by Gasteiger charge is 2.35. The van der Waals surface area contributed by atoms with Crippen LogP contribution in [0.1, 0.15) is 48.9 Å². The van der Waals surface area contributed by atoms with E-state index in [0.29, 0.717) is 69.0 Å². The predicted molar refractivity (Wildman–Crippen MR) is 154 cm³/mol. The first-order chi connectivity index (χ1) is 20.1. The molecule has 13 heteroatoms. The van der Waals surface area contributed by atoms with Gasteiger partial charge in [0.25, 0.3) is 0 Å². The molecule has 232 valence electrons. The van der Waals surface area contributed by atoms with E-state index in [-0.39, 0.29) is 18.0 Å². The lowest BCUT2D eigenvalue weighted by Gasteiger charge is -2.29. The van der Waals surface area contributed by atoms with E-state index in [1.807, 2.05) is 0 Å². The first-order valence-corrected chi connectivity index (χ1v) is 15.8. The molecule has 3 aliphatic heterocycles. The van der Waals surface area contributed by atoms with E-state index in [2.05, 4.69) is 9.80 Å². The van der Waals surface area contributed by atoms with E-state index < -0.39 is 30.0 Å². The van der Waals surface area contributed by atoms with Crippen LogP contribution in [0.5, 0.6) is 0 Å². The third kappa shape index (κ3) is 7.59. The Hall–Kier alpha value is -2.35. The average molecular weight is 613 g/mol. The van der Waals surface area contributed by atoms with Gasteiger partial charge in [-0.25, -0.2) is 9.18 Å². The molecule has 2 amide bonds. The molecule has 8 nitrogen and oxygen atoms in total. The molecule has 0 saturated carbocycles. The molecule has 0 aliphatic carbocycles. The number of benzene rings is 1. The zero-order valence-electron chi connectivity index (χ0n) is 23.8. The van der Waals surface area contributed by atoms with Gasteiger partial charge in [-0.2, -0.15) is 18.3 Å². The Morgan fingerprint density at radius 2 is 1.81 bits per heavy atom. The molecule has 2 saturated heterocycles. The molecule has 0 radical (unpaired) electrons. The van der Waals surface area contributed by atoms with E-state index in [9.17, 15) is 27.5 Å². The second-order valence-corrected chi connectivity index (χ2v) is 12.7. The number of amides is 2. The van der Waals surface area contributed by atoms with Crippen molar-refractivity contribution in [2.24, 2.45) is 5.73 Å². The Bertz CT molecular complexity index is 1230. The van der Waals surface area contributed by atoms with Gasteiger partial charge in [-0.3, -0.25) is 4.68 Å². The van der Waals surface area contributed by atoms with Crippen LogP contribution in [-0.2, 0) is 25.7 Å². The fourth-order valence-electron chi connectivity index (χ4n) is 6.19. The Morgan fingerprint density at radius 3 is 2.50 bits per heavy atom. The summed E-state index contributed by atoms with van der Waals surface area (Å²) in [5, 5.41) is 15.7. The quantitative estimate of drug-likeness (QED) is 0.323. The Kier molecular flexibility index (Phi) is 10.0. The number of fused-ring (bicyclic) bond motifs is 1. The maximum absolute atomic E-state index is 14.0. The van der Waals surface area contributed by atoms with Crippen LogP contribution in [-0.4, -0.2) is 99.5 Å². The van der Waals surface area contributed by atoms with Gasteiger partial charge in [0.15, 0.2) is 0 Å². The summed E-state index contributed by atoms with van der Waals surface area (Å²) in [6.07, 6.45) is -1.16. The van der Waals surface area contributed by atoms with Gasteiger partial charge in [0.2, 0.25) is 0 Å². The molecule has 2 aromatic rings. The third-order valence-electron chi connectivity index (χ3n) is 8.49. The average Bonchev–Trinajstić information content (AvgIpc) is 3.31. The largest absolute Gasteiger partial charge is 0.417 e. The first-order valence-electron chi connectivity index (χ1n) is 14.8.